The third-order valence-corrected chi connectivity index (χ3v) is 2.22. The summed E-state index contributed by atoms with van der Waals surface area (Å²) in [4.78, 5) is 21.8. The number of ether oxygens (including phenoxy) is 1. The van der Waals surface area contributed by atoms with Gasteiger partial charge in [0.15, 0.2) is 5.78 Å². The van der Waals surface area contributed by atoms with Crippen LogP contribution in [0, 0.1) is 0 Å². The third kappa shape index (κ3) is 9.59. The van der Waals surface area contributed by atoms with Gasteiger partial charge in [-0.15, -0.1) is 0 Å². The van der Waals surface area contributed by atoms with E-state index >= 15 is 0 Å². The van der Waals surface area contributed by atoms with Crippen LogP contribution in [0.2, 0.25) is 0 Å². The Morgan fingerprint density at radius 2 is 1.93 bits per heavy atom. The summed E-state index contributed by atoms with van der Waals surface area (Å²) in [7, 11) is 1.28. The lowest BCUT2D eigenvalue weighted by Gasteiger charge is -2.13. The van der Waals surface area contributed by atoms with Gasteiger partial charge in [-0.1, -0.05) is 13.8 Å². The minimum Gasteiger partial charge on any atom is -0.453 e. The number of ketones is 1. The topological polar surface area (TPSA) is 55.4 Å². The van der Waals surface area contributed by atoms with Crippen LogP contribution in [0.3, 0.4) is 0 Å². The van der Waals surface area contributed by atoms with E-state index in [0.29, 0.717) is 6.42 Å². The van der Waals surface area contributed by atoms with Crippen molar-refractivity contribution in [1.29, 1.82) is 0 Å². The Labute approximate surface area is 96.1 Å². The van der Waals surface area contributed by atoms with E-state index in [1.54, 1.807) is 11.8 Å². The molecular formula is C10H21NO3S. The second kappa shape index (κ2) is 11.4. The maximum atomic E-state index is 11.0. The zero-order chi connectivity index (χ0) is 12.3. The number of hydrogen-bond donors (Lipinski definition) is 1. The Balaban J connectivity index is 0. The highest BCUT2D eigenvalue weighted by Crippen LogP contribution is 2.01. The summed E-state index contributed by atoms with van der Waals surface area (Å²) >= 11 is 1.64. The summed E-state index contributed by atoms with van der Waals surface area (Å²) in [6, 6.07) is -0.417. The third-order valence-electron chi connectivity index (χ3n) is 1.58. The Kier molecular flexibility index (Phi) is 12.7. The molecule has 5 heteroatoms. The van der Waals surface area contributed by atoms with Gasteiger partial charge >= 0.3 is 6.09 Å². The Morgan fingerprint density at radius 1 is 1.40 bits per heavy atom. The Morgan fingerprint density at radius 3 is 2.27 bits per heavy atom. The molecule has 0 heterocycles. The van der Waals surface area contributed by atoms with Gasteiger partial charge in [0.25, 0.3) is 0 Å². The maximum Gasteiger partial charge on any atom is 0.407 e. The van der Waals surface area contributed by atoms with Gasteiger partial charge in [-0.3, -0.25) is 4.79 Å². The summed E-state index contributed by atoms with van der Waals surface area (Å²) in [6.07, 6.45) is 2.04. The molecule has 15 heavy (non-hydrogen) atoms. The standard InChI is InChI=1S/C8H15NO3S.C2H6/c1-6(10)7(4-5-13-3)9-8(11)12-2;1-2/h7H,4-5H2,1-3H3,(H,9,11);1-2H3/t7-;/m0./s1. The molecule has 0 bridgehead atoms. The summed E-state index contributed by atoms with van der Waals surface area (Å²) in [5, 5.41) is 2.48. The monoisotopic (exact) mass is 235 g/mol. The molecule has 4 nitrogen and oxygen atoms in total. The average molecular weight is 235 g/mol. The second-order valence-corrected chi connectivity index (χ2v) is 3.57. The minimum atomic E-state index is -0.554. The molecule has 0 aromatic rings. The van der Waals surface area contributed by atoms with Crippen LogP contribution in [-0.2, 0) is 9.53 Å². The summed E-state index contributed by atoms with van der Waals surface area (Å²) in [6.45, 7) is 5.46. The van der Waals surface area contributed by atoms with Crippen LogP contribution in [0.5, 0.6) is 0 Å². The molecule has 0 spiro atoms. The Hall–Kier alpha value is -0.710. The van der Waals surface area contributed by atoms with Crippen LogP contribution in [-0.4, -0.2) is 37.0 Å². The van der Waals surface area contributed by atoms with Crippen LogP contribution in [0.1, 0.15) is 27.2 Å². The summed E-state index contributed by atoms with van der Waals surface area (Å²) in [5.74, 6) is 0.799. The Bertz CT molecular complexity index is 186. The van der Waals surface area contributed by atoms with Gasteiger partial charge in [0.2, 0.25) is 0 Å². The fourth-order valence-electron chi connectivity index (χ4n) is 0.814. The molecule has 1 N–H and O–H groups in total. The molecule has 90 valence electrons. The lowest BCUT2D eigenvalue weighted by molar-refractivity contribution is -0.118. The lowest BCUT2D eigenvalue weighted by atomic mass is 10.1. The van der Waals surface area contributed by atoms with Crippen LogP contribution < -0.4 is 5.32 Å². The minimum absolute atomic E-state index is 0.0422. The van der Waals surface area contributed by atoms with Crippen molar-refractivity contribution in [1.82, 2.24) is 5.32 Å². The summed E-state index contributed by atoms with van der Waals surface area (Å²) in [5.41, 5.74) is 0. The van der Waals surface area contributed by atoms with E-state index in [0.717, 1.165) is 5.75 Å². The van der Waals surface area contributed by atoms with Crippen LogP contribution >= 0.6 is 11.8 Å². The normalized spacial score (nSPS) is 10.7. The van der Waals surface area contributed by atoms with Crippen molar-refractivity contribution < 1.29 is 14.3 Å². The van der Waals surface area contributed by atoms with E-state index in [4.69, 9.17) is 0 Å². The van der Waals surface area contributed by atoms with E-state index < -0.39 is 12.1 Å². The molecule has 1 amide bonds. The van der Waals surface area contributed by atoms with Crippen molar-refractivity contribution in [2.75, 3.05) is 19.1 Å². The number of methoxy groups -OCH3 is 1. The molecular weight excluding hydrogens is 214 g/mol. The number of rotatable bonds is 5. The van der Waals surface area contributed by atoms with Crippen LogP contribution in [0.25, 0.3) is 0 Å². The molecule has 1 atom stereocenters. The van der Waals surface area contributed by atoms with E-state index in [1.807, 2.05) is 20.1 Å². The van der Waals surface area contributed by atoms with Gasteiger partial charge < -0.3 is 10.1 Å². The molecule has 0 rings (SSSR count). The molecule has 0 unspecified atom stereocenters. The van der Waals surface area contributed by atoms with Gasteiger partial charge in [-0.2, -0.15) is 11.8 Å². The van der Waals surface area contributed by atoms with Gasteiger partial charge in [0.1, 0.15) is 0 Å². The number of carbonyl (C=O) groups excluding carboxylic acids is 2. The predicted molar refractivity (Wildman–Crippen MR) is 64.4 cm³/mol. The zero-order valence-corrected chi connectivity index (χ0v) is 10.9. The molecule has 0 saturated heterocycles. The zero-order valence-electron chi connectivity index (χ0n) is 10.1. The van der Waals surface area contributed by atoms with E-state index in [-0.39, 0.29) is 5.78 Å². The highest BCUT2D eigenvalue weighted by atomic mass is 32.2. The van der Waals surface area contributed by atoms with Gasteiger partial charge in [0.05, 0.1) is 13.2 Å². The van der Waals surface area contributed by atoms with Crippen molar-refractivity contribution >= 4 is 23.6 Å². The second-order valence-electron chi connectivity index (χ2n) is 2.58. The van der Waals surface area contributed by atoms with Gasteiger partial charge in [-0.05, 0) is 25.4 Å². The number of alkyl carbamates (subject to hydrolysis) is 1. The van der Waals surface area contributed by atoms with Crippen molar-refractivity contribution in [2.24, 2.45) is 0 Å². The first-order valence-corrected chi connectivity index (χ1v) is 6.35. The van der Waals surface area contributed by atoms with Gasteiger partial charge in [0, 0.05) is 0 Å². The van der Waals surface area contributed by atoms with Crippen LogP contribution in [0.15, 0.2) is 0 Å². The average Bonchev–Trinajstić information content (AvgIpc) is 2.26. The molecule has 0 fully saturated rings. The molecule has 0 aromatic carbocycles. The molecule has 0 aliphatic rings. The fourth-order valence-corrected chi connectivity index (χ4v) is 1.29. The molecule has 0 radical (unpaired) electrons. The SMILES string of the molecule is CC.COC(=O)N[C@@H](CCSC)C(C)=O. The highest BCUT2D eigenvalue weighted by molar-refractivity contribution is 7.98. The first kappa shape index (κ1) is 16.7. The smallest absolute Gasteiger partial charge is 0.407 e. The lowest BCUT2D eigenvalue weighted by Crippen LogP contribution is -2.40. The quantitative estimate of drug-likeness (QED) is 0.792. The number of nitrogens with one attached hydrogen (secondary N) is 1. The van der Waals surface area contributed by atoms with E-state index in [9.17, 15) is 9.59 Å². The van der Waals surface area contributed by atoms with Crippen molar-refractivity contribution in [3.63, 3.8) is 0 Å². The molecule has 0 aliphatic carbocycles. The first-order valence-electron chi connectivity index (χ1n) is 4.95. The van der Waals surface area contributed by atoms with Crippen molar-refractivity contribution in [2.45, 2.75) is 33.2 Å². The van der Waals surface area contributed by atoms with Gasteiger partial charge in [-0.25, -0.2) is 4.79 Å². The first-order chi connectivity index (χ1) is 7.11. The maximum absolute atomic E-state index is 11.0. The molecule has 0 aromatic heterocycles. The number of amides is 1. The number of thioether (sulfide) groups is 1. The summed E-state index contributed by atoms with van der Waals surface area (Å²) < 4.78 is 4.40. The fraction of sp³-hybridized carbons (Fsp3) is 0.800. The molecule has 0 saturated carbocycles. The van der Waals surface area contributed by atoms with Crippen LogP contribution in [0.4, 0.5) is 4.79 Å². The molecule has 0 aliphatic heterocycles. The van der Waals surface area contributed by atoms with E-state index in [1.165, 1.54) is 14.0 Å². The predicted octanol–water partition coefficient (Wildman–Crippen LogP) is 2.08. The number of Topliss-reactive ketones (excluding diaryl/α,β-unsaturated/α-hetero) is 1. The largest absolute Gasteiger partial charge is 0.453 e. The number of hydrogen-bond acceptors (Lipinski definition) is 4. The van der Waals surface area contributed by atoms with E-state index in [2.05, 4.69) is 10.1 Å². The number of carbonyl (C=O) groups is 2. The van der Waals surface area contributed by atoms with Crippen molar-refractivity contribution in [3.8, 4) is 0 Å². The highest BCUT2D eigenvalue weighted by Gasteiger charge is 2.16. The van der Waals surface area contributed by atoms with Crippen molar-refractivity contribution in [3.05, 3.63) is 0 Å².